The standard InChI is InChI=1S/C30H34Cl2N2O3/c1-3-5-18-33-30(36)28(19-23-10-7-6-8-11-23)34(20-25-26(31)12-9-13-27(25)32)29(35)21-37-24-16-14-22(4-2)15-17-24/h6-17,28H,3-5,18-21H2,1-2H3,(H,33,36)/t28-/m1/s1. The largest absolute Gasteiger partial charge is 0.484 e. The lowest BCUT2D eigenvalue weighted by molar-refractivity contribution is -0.142. The maximum absolute atomic E-state index is 13.7. The molecule has 7 heteroatoms. The van der Waals surface area contributed by atoms with Crippen LogP contribution in [0.15, 0.2) is 72.8 Å². The van der Waals surface area contributed by atoms with Gasteiger partial charge in [0.15, 0.2) is 6.61 Å². The van der Waals surface area contributed by atoms with E-state index < -0.39 is 6.04 Å². The summed E-state index contributed by atoms with van der Waals surface area (Å²) >= 11 is 12.9. The molecule has 3 rings (SSSR count). The highest BCUT2D eigenvalue weighted by molar-refractivity contribution is 6.36. The number of carbonyl (C=O) groups is 2. The van der Waals surface area contributed by atoms with Gasteiger partial charge in [-0.1, -0.05) is 92.0 Å². The Bertz CT molecular complexity index is 1130. The Labute approximate surface area is 229 Å². The predicted octanol–water partition coefficient (Wildman–Crippen LogP) is 6.49. The molecule has 0 heterocycles. The number of unbranched alkanes of at least 4 members (excludes halogenated alkanes) is 1. The van der Waals surface area contributed by atoms with Gasteiger partial charge < -0.3 is 15.0 Å². The summed E-state index contributed by atoms with van der Waals surface area (Å²) in [5.74, 6) is 0.0385. The number of aryl methyl sites for hydroxylation is 1. The van der Waals surface area contributed by atoms with E-state index in [0.29, 0.717) is 34.3 Å². The number of benzene rings is 3. The molecule has 1 N–H and O–H groups in total. The molecule has 3 aromatic rings. The normalized spacial score (nSPS) is 11.6. The smallest absolute Gasteiger partial charge is 0.261 e. The molecule has 0 unspecified atom stereocenters. The number of amides is 2. The first-order valence-electron chi connectivity index (χ1n) is 12.7. The maximum atomic E-state index is 13.7. The molecule has 1 atom stereocenters. The Morgan fingerprint density at radius 1 is 0.892 bits per heavy atom. The van der Waals surface area contributed by atoms with Crippen molar-refractivity contribution >= 4 is 35.0 Å². The van der Waals surface area contributed by atoms with Gasteiger partial charge in [0.1, 0.15) is 11.8 Å². The Morgan fingerprint density at radius 2 is 1.57 bits per heavy atom. The molecule has 0 aliphatic rings. The SMILES string of the molecule is CCCCNC(=O)[C@@H](Cc1ccccc1)N(Cc1c(Cl)cccc1Cl)C(=O)COc1ccc(CC)cc1. The van der Waals surface area contributed by atoms with E-state index in [2.05, 4.69) is 19.2 Å². The second-order valence-electron chi connectivity index (χ2n) is 8.86. The van der Waals surface area contributed by atoms with E-state index in [4.69, 9.17) is 27.9 Å². The molecule has 196 valence electrons. The van der Waals surface area contributed by atoms with Crippen molar-refractivity contribution < 1.29 is 14.3 Å². The highest BCUT2D eigenvalue weighted by Gasteiger charge is 2.31. The molecule has 0 spiro atoms. The Kier molecular flexibility index (Phi) is 11.3. The first-order chi connectivity index (χ1) is 17.9. The quantitative estimate of drug-likeness (QED) is 0.252. The molecule has 0 saturated heterocycles. The summed E-state index contributed by atoms with van der Waals surface area (Å²) in [4.78, 5) is 28.7. The minimum atomic E-state index is -0.773. The monoisotopic (exact) mass is 540 g/mol. The van der Waals surface area contributed by atoms with E-state index >= 15 is 0 Å². The molecule has 0 saturated carbocycles. The zero-order chi connectivity index (χ0) is 26.6. The van der Waals surface area contributed by atoms with Crippen LogP contribution in [-0.4, -0.2) is 35.9 Å². The summed E-state index contributed by atoms with van der Waals surface area (Å²) in [6, 6.07) is 21.7. The van der Waals surface area contributed by atoms with Crippen molar-refractivity contribution in [2.75, 3.05) is 13.2 Å². The van der Waals surface area contributed by atoms with Crippen molar-refractivity contribution in [3.63, 3.8) is 0 Å². The van der Waals surface area contributed by atoms with Crippen LogP contribution in [0.3, 0.4) is 0 Å². The second kappa shape index (κ2) is 14.7. The molecule has 0 fully saturated rings. The fourth-order valence-electron chi connectivity index (χ4n) is 3.96. The number of ether oxygens (including phenoxy) is 1. The van der Waals surface area contributed by atoms with Gasteiger partial charge in [-0.05, 0) is 48.2 Å². The van der Waals surface area contributed by atoms with Gasteiger partial charge in [-0.25, -0.2) is 0 Å². The number of rotatable bonds is 13. The van der Waals surface area contributed by atoms with Crippen molar-refractivity contribution in [1.82, 2.24) is 10.2 Å². The van der Waals surface area contributed by atoms with Crippen molar-refractivity contribution in [2.24, 2.45) is 0 Å². The van der Waals surface area contributed by atoms with E-state index in [0.717, 1.165) is 24.8 Å². The van der Waals surface area contributed by atoms with Crippen LogP contribution in [0.25, 0.3) is 0 Å². The van der Waals surface area contributed by atoms with Gasteiger partial charge in [-0.15, -0.1) is 0 Å². The molecule has 0 aliphatic heterocycles. The number of hydrogen-bond donors (Lipinski definition) is 1. The molecule has 2 amide bonds. The lowest BCUT2D eigenvalue weighted by Gasteiger charge is -2.32. The average Bonchev–Trinajstić information content (AvgIpc) is 2.91. The first kappa shape index (κ1) is 28.5. The zero-order valence-corrected chi connectivity index (χ0v) is 22.9. The van der Waals surface area contributed by atoms with Gasteiger partial charge in [-0.3, -0.25) is 9.59 Å². The molecular formula is C30H34Cl2N2O3. The number of nitrogens with one attached hydrogen (secondary N) is 1. The highest BCUT2D eigenvalue weighted by atomic mass is 35.5. The number of hydrogen-bond acceptors (Lipinski definition) is 3. The molecule has 37 heavy (non-hydrogen) atoms. The number of carbonyl (C=O) groups excluding carboxylic acids is 2. The minimum Gasteiger partial charge on any atom is -0.484 e. The molecule has 0 aliphatic carbocycles. The summed E-state index contributed by atoms with van der Waals surface area (Å²) in [5, 5.41) is 3.87. The van der Waals surface area contributed by atoms with Gasteiger partial charge in [0.25, 0.3) is 5.91 Å². The van der Waals surface area contributed by atoms with E-state index in [1.54, 1.807) is 18.2 Å². The Morgan fingerprint density at radius 3 is 2.19 bits per heavy atom. The molecule has 0 aromatic heterocycles. The second-order valence-corrected chi connectivity index (χ2v) is 9.67. The van der Waals surface area contributed by atoms with Crippen molar-refractivity contribution in [3.8, 4) is 5.75 Å². The van der Waals surface area contributed by atoms with E-state index in [9.17, 15) is 9.59 Å². The minimum absolute atomic E-state index is 0.0776. The van der Waals surface area contributed by atoms with Gasteiger partial charge in [0, 0.05) is 35.1 Å². The summed E-state index contributed by atoms with van der Waals surface area (Å²) in [7, 11) is 0. The first-order valence-corrected chi connectivity index (χ1v) is 13.4. The predicted molar refractivity (Wildman–Crippen MR) is 150 cm³/mol. The molecule has 5 nitrogen and oxygen atoms in total. The molecular weight excluding hydrogens is 507 g/mol. The lowest BCUT2D eigenvalue weighted by Crippen LogP contribution is -2.52. The summed E-state index contributed by atoms with van der Waals surface area (Å²) in [6.45, 7) is 4.54. The van der Waals surface area contributed by atoms with Crippen LogP contribution in [-0.2, 0) is 29.0 Å². The Balaban J connectivity index is 1.91. The highest BCUT2D eigenvalue weighted by Crippen LogP contribution is 2.27. The fraction of sp³-hybridized carbons (Fsp3) is 0.333. The third kappa shape index (κ3) is 8.51. The molecule has 0 bridgehead atoms. The number of nitrogens with zero attached hydrogens (tertiary/aromatic N) is 1. The fourth-order valence-corrected chi connectivity index (χ4v) is 4.48. The number of halogens is 2. The average molecular weight is 542 g/mol. The van der Waals surface area contributed by atoms with Gasteiger partial charge in [-0.2, -0.15) is 0 Å². The van der Waals surface area contributed by atoms with Gasteiger partial charge in [0.05, 0.1) is 0 Å². The lowest BCUT2D eigenvalue weighted by atomic mass is 10.0. The van der Waals surface area contributed by atoms with Crippen LogP contribution >= 0.6 is 23.2 Å². The van der Waals surface area contributed by atoms with E-state index in [-0.39, 0.29) is 25.0 Å². The maximum Gasteiger partial charge on any atom is 0.261 e. The summed E-state index contributed by atoms with van der Waals surface area (Å²) < 4.78 is 5.84. The molecule has 0 radical (unpaired) electrons. The van der Waals surface area contributed by atoms with E-state index in [1.807, 2.05) is 54.6 Å². The van der Waals surface area contributed by atoms with Crippen molar-refractivity contribution in [3.05, 3.63) is 99.5 Å². The van der Waals surface area contributed by atoms with Gasteiger partial charge in [0.2, 0.25) is 5.91 Å². The van der Waals surface area contributed by atoms with Crippen LogP contribution in [0.4, 0.5) is 0 Å². The third-order valence-electron chi connectivity index (χ3n) is 6.18. The van der Waals surface area contributed by atoms with Crippen LogP contribution < -0.4 is 10.1 Å². The van der Waals surface area contributed by atoms with Crippen molar-refractivity contribution in [2.45, 2.75) is 52.1 Å². The van der Waals surface area contributed by atoms with Crippen LogP contribution in [0, 0.1) is 0 Å². The van der Waals surface area contributed by atoms with Crippen LogP contribution in [0.2, 0.25) is 10.0 Å². The summed E-state index contributed by atoms with van der Waals surface area (Å²) in [6.07, 6.45) is 3.06. The Hall–Kier alpha value is -3.02. The van der Waals surface area contributed by atoms with E-state index in [1.165, 1.54) is 10.5 Å². The zero-order valence-electron chi connectivity index (χ0n) is 21.4. The third-order valence-corrected chi connectivity index (χ3v) is 6.89. The van der Waals surface area contributed by atoms with Crippen molar-refractivity contribution in [1.29, 1.82) is 0 Å². The van der Waals surface area contributed by atoms with Gasteiger partial charge >= 0.3 is 0 Å². The summed E-state index contributed by atoms with van der Waals surface area (Å²) in [5.41, 5.74) is 2.71. The van der Waals surface area contributed by atoms with Crippen LogP contribution in [0.5, 0.6) is 5.75 Å². The van der Waals surface area contributed by atoms with Crippen LogP contribution in [0.1, 0.15) is 43.4 Å². The topological polar surface area (TPSA) is 58.6 Å². The molecule has 3 aromatic carbocycles.